The molecule has 1 aliphatic heterocycles. The van der Waals surface area contributed by atoms with E-state index in [0.717, 1.165) is 32.6 Å². The fourth-order valence-electron chi connectivity index (χ4n) is 1.52. The van der Waals surface area contributed by atoms with Gasteiger partial charge in [-0.15, -0.1) is 0 Å². The summed E-state index contributed by atoms with van der Waals surface area (Å²) in [4.78, 5) is 17.4. The van der Waals surface area contributed by atoms with E-state index in [9.17, 15) is 4.79 Å². The molecular formula is C11H25N3O. The molecule has 1 saturated heterocycles. The molecule has 0 saturated carbocycles. The van der Waals surface area contributed by atoms with Crippen LogP contribution in [0, 0.1) is 0 Å². The standard InChI is InChI=1S/C9H19N3O.C2H6/c1-10(2)9(13)12-6-4-5-11(3)7-8-12;1-2/h4-8H2,1-3H3;1-2H3. The zero-order valence-corrected chi connectivity index (χ0v) is 10.8. The monoisotopic (exact) mass is 215 g/mol. The first-order valence-electron chi connectivity index (χ1n) is 5.76. The smallest absolute Gasteiger partial charge is 0.319 e. The Morgan fingerprint density at radius 3 is 2.20 bits per heavy atom. The van der Waals surface area contributed by atoms with E-state index in [0.29, 0.717) is 0 Å². The first-order chi connectivity index (χ1) is 7.11. The molecule has 4 nitrogen and oxygen atoms in total. The van der Waals surface area contributed by atoms with Crippen LogP contribution in [0.2, 0.25) is 0 Å². The number of amides is 2. The van der Waals surface area contributed by atoms with Gasteiger partial charge in [0, 0.05) is 33.7 Å². The fraction of sp³-hybridized carbons (Fsp3) is 0.909. The van der Waals surface area contributed by atoms with E-state index in [2.05, 4.69) is 11.9 Å². The molecule has 1 aliphatic rings. The summed E-state index contributed by atoms with van der Waals surface area (Å²) in [5.74, 6) is 0. The van der Waals surface area contributed by atoms with E-state index in [1.165, 1.54) is 0 Å². The van der Waals surface area contributed by atoms with E-state index in [-0.39, 0.29) is 6.03 Å². The number of carbonyl (C=O) groups is 1. The van der Waals surface area contributed by atoms with Gasteiger partial charge in [-0.05, 0) is 20.0 Å². The first kappa shape index (κ1) is 14.2. The number of nitrogens with zero attached hydrogens (tertiary/aromatic N) is 3. The Morgan fingerprint density at radius 1 is 1.07 bits per heavy atom. The molecule has 2 amide bonds. The molecule has 0 aromatic rings. The van der Waals surface area contributed by atoms with Crippen molar-refractivity contribution in [2.75, 3.05) is 47.3 Å². The van der Waals surface area contributed by atoms with Crippen LogP contribution >= 0.6 is 0 Å². The Labute approximate surface area is 93.8 Å². The van der Waals surface area contributed by atoms with Crippen molar-refractivity contribution in [3.63, 3.8) is 0 Å². The van der Waals surface area contributed by atoms with Gasteiger partial charge in [-0.2, -0.15) is 0 Å². The summed E-state index contributed by atoms with van der Waals surface area (Å²) in [5, 5.41) is 0. The summed E-state index contributed by atoms with van der Waals surface area (Å²) >= 11 is 0. The maximum absolute atomic E-state index is 11.6. The lowest BCUT2D eigenvalue weighted by Gasteiger charge is -2.24. The molecule has 1 rings (SSSR count). The predicted octanol–water partition coefficient (Wildman–Crippen LogP) is 1.33. The molecule has 1 heterocycles. The molecule has 0 spiro atoms. The van der Waals surface area contributed by atoms with Crippen molar-refractivity contribution in [3.05, 3.63) is 0 Å². The van der Waals surface area contributed by atoms with Gasteiger partial charge in [0.05, 0.1) is 0 Å². The van der Waals surface area contributed by atoms with Gasteiger partial charge in [0.15, 0.2) is 0 Å². The molecule has 1 fully saturated rings. The van der Waals surface area contributed by atoms with E-state index < -0.39 is 0 Å². The van der Waals surface area contributed by atoms with Gasteiger partial charge >= 0.3 is 6.03 Å². The normalized spacial score (nSPS) is 17.5. The highest BCUT2D eigenvalue weighted by atomic mass is 16.2. The van der Waals surface area contributed by atoms with Gasteiger partial charge in [-0.1, -0.05) is 13.8 Å². The van der Waals surface area contributed by atoms with Gasteiger partial charge in [0.25, 0.3) is 0 Å². The van der Waals surface area contributed by atoms with Gasteiger partial charge in [-0.3, -0.25) is 0 Å². The Hall–Kier alpha value is -0.770. The number of hydrogen-bond acceptors (Lipinski definition) is 2. The highest BCUT2D eigenvalue weighted by Crippen LogP contribution is 2.02. The molecule has 4 heteroatoms. The van der Waals surface area contributed by atoms with Crippen LogP contribution in [0.15, 0.2) is 0 Å². The summed E-state index contributed by atoms with van der Waals surface area (Å²) in [7, 11) is 5.71. The van der Waals surface area contributed by atoms with Gasteiger partial charge in [-0.25, -0.2) is 4.79 Å². The lowest BCUT2D eigenvalue weighted by Crippen LogP contribution is -2.41. The second kappa shape index (κ2) is 7.51. The second-order valence-corrected chi connectivity index (χ2v) is 3.82. The number of rotatable bonds is 0. The second-order valence-electron chi connectivity index (χ2n) is 3.82. The van der Waals surface area contributed by atoms with E-state index >= 15 is 0 Å². The first-order valence-corrected chi connectivity index (χ1v) is 5.76. The quantitative estimate of drug-likeness (QED) is 0.609. The van der Waals surface area contributed by atoms with Crippen LogP contribution in [0.25, 0.3) is 0 Å². The van der Waals surface area contributed by atoms with Crippen molar-refractivity contribution >= 4 is 6.03 Å². The predicted molar refractivity (Wildman–Crippen MR) is 64.1 cm³/mol. The summed E-state index contributed by atoms with van der Waals surface area (Å²) in [6.45, 7) is 7.83. The highest BCUT2D eigenvalue weighted by Gasteiger charge is 2.17. The van der Waals surface area contributed by atoms with Crippen molar-refractivity contribution in [1.82, 2.24) is 14.7 Å². The van der Waals surface area contributed by atoms with Gasteiger partial charge in [0.2, 0.25) is 0 Å². The van der Waals surface area contributed by atoms with E-state index in [1.807, 2.05) is 18.7 Å². The molecule has 0 radical (unpaired) electrons. The molecule has 0 bridgehead atoms. The van der Waals surface area contributed by atoms with Gasteiger partial charge in [0.1, 0.15) is 0 Å². The molecule has 0 aromatic carbocycles. The molecule has 0 aliphatic carbocycles. The van der Waals surface area contributed by atoms with E-state index in [4.69, 9.17) is 0 Å². The lowest BCUT2D eigenvalue weighted by atomic mass is 10.4. The average molecular weight is 215 g/mol. The Kier molecular flexibility index (Phi) is 7.13. The van der Waals surface area contributed by atoms with Crippen molar-refractivity contribution in [1.29, 1.82) is 0 Å². The minimum atomic E-state index is 0.135. The third kappa shape index (κ3) is 5.02. The topological polar surface area (TPSA) is 26.8 Å². The minimum Gasteiger partial charge on any atom is -0.331 e. The number of likely N-dealkylation sites (N-methyl/N-ethyl adjacent to an activating group) is 1. The zero-order chi connectivity index (χ0) is 11.8. The Balaban J connectivity index is 0.000000921. The number of hydrogen-bond donors (Lipinski definition) is 0. The largest absolute Gasteiger partial charge is 0.331 e. The van der Waals surface area contributed by atoms with Crippen molar-refractivity contribution < 1.29 is 4.79 Å². The SMILES string of the molecule is CC.CN1CCCN(C(=O)N(C)C)CC1. The van der Waals surface area contributed by atoms with Crippen molar-refractivity contribution in [2.45, 2.75) is 20.3 Å². The van der Waals surface area contributed by atoms with Crippen LogP contribution in [0.1, 0.15) is 20.3 Å². The lowest BCUT2D eigenvalue weighted by molar-refractivity contribution is 0.173. The molecule has 15 heavy (non-hydrogen) atoms. The minimum absolute atomic E-state index is 0.135. The van der Waals surface area contributed by atoms with Crippen LogP contribution in [-0.2, 0) is 0 Å². The van der Waals surface area contributed by atoms with Crippen LogP contribution in [0.3, 0.4) is 0 Å². The molecule has 0 N–H and O–H groups in total. The molecular weight excluding hydrogens is 190 g/mol. The Bertz CT molecular complexity index is 183. The molecule has 0 atom stereocenters. The van der Waals surface area contributed by atoms with E-state index in [1.54, 1.807) is 19.0 Å². The van der Waals surface area contributed by atoms with Crippen LogP contribution < -0.4 is 0 Å². The maximum atomic E-state index is 11.6. The molecule has 90 valence electrons. The van der Waals surface area contributed by atoms with Gasteiger partial charge < -0.3 is 14.7 Å². The number of urea groups is 1. The molecule has 0 unspecified atom stereocenters. The molecule has 0 aromatic heterocycles. The third-order valence-corrected chi connectivity index (χ3v) is 2.37. The van der Waals surface area contributed by atoms with Crippen LogP contribution in [0.4, 0.5) is 4.79 Å². The maximum Gasteiger partial charge on any atom is 0.319 e. The summed E-state index contributed by atoms with van der Waals surface area (Å²) in [6, 6.07) is 0.135. The van der Waals surface area contributed by atoms with Crippen LogP contribution in [0.5, 0.6) is 0 Å². The van der Waals surface area contributed by atoms with Crippen LogP contribution in [-0.4, -0.2) is 68.1 Å². The summed E-state index contributed by atoms with van der Waals surface area (Å²) in [5.41, 5.74) is 0. The van der Waals surface area contributed by atoms with Crippen molar-refractivity contribution in [3.8, 4) is 0 Å². The Morgan fingerprint density at radius 2 is 1.67 bits per heavy atom. The fourth-order valence-corrected chi connectivity index (χ4v) is 1.52. The average Bonchev–Trinajstić information content (AvgIpc) is 2.45. The summed E-state index contributed by atoms with van der Waals surface area (Å²) in [6.07, 6.45) is 1.08. The third-order valence-electron chi connectivity index (χ3n) is 2.37. The summed E-state index contributed by atoms with van der Waals surface area (Å²) < 4.78 is 0. The number of carbonyl (C=O) groups excluding carboxylic acids is 1. The highest BCUT2D eigenvalue weighted by molar-refractivity contribution is 5.73. The van der Waals surface area contributed by atoms with Crippen molar-refractivity contribution in [2.24, 2.45) is 0 Å². The zero-order valence-electron chi connectivity index (χ0n) is 10.8.